The van der Waals surface area contributed by atoms with Gasteiger partial charge in [-0.1, -0.05) is 25.1 Å². The quantitative estimate of drug-likeness (QED) is 0.251. The Morgan fingerprint density at radius 2 is 1.91 bits per heavy atom. The van der Waals surface area contributed by atoms with Crippen LogP contribution in [0.4, 0.5) is 0 Å². The van der Waals surface area contributed by atoms with Crippen LogP contribution in [0.2, 0.25) is 0 Å². The third-order valence-electron chi connectivity index (χ3n) is 5.22. The van der Waals surface area contributed by atoms with Crippen molar-refractivity contribution >= 4 is 29.9 Å². The summed E-state index contributed by atoms with van der Waals surface area (Å²) in [6.45, 7) is 7.45. The fourth-order valence-corrected chi connectivity index (χ4v) is 3.44. The first kappa shape index (κ1) is 27.0. The van der Waals surface area contributed by atoms with Crippen molar-refractivity contribution < 1.29 is 18.9 Å². The molecule has 1 heterocycles. The van der Waals surface area contributed by atoms with Crippen molar-refractivity contribution in [2.24, 2.45) is 4.99 Å². The Balaban J connectivity index is 0.00000385. The molecule has 2 N–H and O–H groups in total. The predicted octanol–water partition coefficient (Wildman–Crippen LogP) is 4.44. The molecule has 1 aliphatic heterocycles. The van der Waals surface area contributed by atoms with Gasteiger partial charge < -0.3 is 29.6 Å². The number of hydrogen-bond acceptors (Lipinski definition) is 5. The summed E-state index contributed by atoms with van der Waals surface area (Å²) in [7, 11) is 3.42. The molecular formula is C25H36IN3O4. The smallest absolute Gasteiger partial charge is 0.191 e. The van der Waals surface area contributed by atoms with Gasteiger partial charge in [0.25, 0.3) is 0 Å². The normalized spacial score (nSPS) is 15.5. The lowest BCUT2D eigenvalue weighted by atomic mass is 10.1. The summed E-state index contributed by atoms with van der Waals surface area (Å²) in [4.78, 5) is 4.35. The van der Waals surface area contributed by atoms with E-state index in [1.54, 1.807) is 14.2 Å². The maximum atomic E-state index is 6.20. The number of benzene rings is 2. The molecule has 0 bridgehead atoms. The van der Waals surface area contributed by atoms with E-state index >= 15 is 0 Å². The molecule has 1 aliphatic rings. The highest BCUT2D eigenvalue weighted by molar-refractivity contribution is 14.0. The van der Waals surface area contributed by atoms with Gasteiger partial charge >= 0.3 is 0 Å². The number of ether oxygens (including phenoxy) is 4. The van der Waals surface area contributed by atoms with Gasteiger partial charge in [0, 0.05) is 32.1 Å². The Morgan fingerprint density at radius 3 is 2.61 bits per heavy atom. The SMILES string of the molecule is CCCOc1ccc(CNC(=NC)NCc2ccc(C)cc2OC2CCOC2)cc1OC.I. The van der Waals surface area contributed by atoms with Gasteiger partial charge in [0.15, 0.2) is 17.5 Å². The van der Waals surface area contributed by atoms with E-state index < -0.39 is 0 Å². The molecule has 2 aromatic rings. The summed E-state index contributed by atoms with van der Waals surface area (Å²) < 4.78 is 22.9. The molecule has 7 nitrogen and oxygen atoms in total. The van der Waals surface area contributed by atoms with E-state index in [0.29, 0.717) is 32.3 Å². The van der Waals surface area contributed by atoms with Crippen molar-refractivity contribution in [2.75, 3.05) is 34.0 Å². The number of nitrogens with one attached hydrogen (secondary N) is 2. The van der Waals surface area contributed by atoms with Crippen molar-refractivity contribution in [3.63, 3.8) is 0 Å². The molecule has 33 heavy (non-hydrogen) atoms. The van der Waals surface area contributed by atoms with E-state index in [-0.39, 0.29) is 30.1 Å². The van der Waals surface area contributed by atoms with Gasteiger partial charge in [-0.15, -0.1) is 24.0 Å². The fraction of sp³-hybridized carbons (Fsp3) is 0.480. The summed E-state index contributed by atoms with van der Waals surface area (Å²) in [5.41, 5.74) is 3.34. The van der Waals surface area contributed by atoms with Crippen molar-refractivity contribution in [2.45, 2.75) is 45.9 Å². The monoisotopic (exact) mass is 569 g/mol. The van der Waals surface area contributed by atoms with Crippen LogP contribution >= 0.6 is 24.0 Å². The molecule has 1 saturated heterocycles. The Bertz CT molecular complexity index is 901. The zero-order valence-corrected chi connectivity index (χ0v) is 22.3. The van der Waals surface area contributed by atoms with Gasteiger partial charge in [0.1, 0.15) is 11.9 Å². The van der Waals surface area contributed by atoms with E-state index in [1.165, 1.54) is 5.56 Å². The highest BCUT2D eigenvalue weighted by Gasteiger charge is 2.19. The second-order valence-corrected chi connectivity index (χ2v) is 7.83. The molecule has 1 unspecified atom stereocenters. The molecule has 8 heteroatoms. The number of hydrogen-bond donors (Lipinski definition) is 2. The summed E-state index contributed by atoms with van der Waals surface area (Å²) >= 11 is 0. The molecule has 1 fully saturated rings. The second kappa shape index (κ2) is 14.1. The highest BCUT2D eigenvalue weighted by atomic mass is 127. The maximum Gasteiger partial charge on any atom is 0.191 e. The number of methoxy groups -OCH3 is 1. The lowest BCUT2D eigenvalue weighted by Gasteiger charge is -2.18. The van der Waals surface area contributed by atoms with Gasteiger partial charge in [-0.05, 0) is 42.7 Å². The number of rotatable bonds is 10. The summed E-state index contributed by atoms with van der Waals surface area (Å²) in [6.07, 6.45) is 2.00. The van der Waals surface area contributed by atoms with E-state index in [0.717, 1.165) is 47.8 Å². The zero-order chi connectivity index (χ0) is 22.8. The van der Waals surface area contributed by atoms with Crippen LogP contribution in [-0.2, 0) is 17.8 Å². The minimum Gasteiger partial charge on any atom is -0.493 e. The van der Waals surface area contributed by atoms with Gasteiger partial charge in [0.2, 0.25) is 0 Å². The second-order valence-electron chi connectivity index (χ2n) is 7.83. The summed E-state index contributed by atoms with van der Waals surface area (Å²) in [6, 6.07) is 12.2. The molecule has 0 amide bonds. The van der Waals surface area contributed by atoms with Crippen molar-refractivity contribution in [1.29, 1.82) is 0 Å². The van der Waals surface area contributed by atoms with E-state index in [9.17, 15) is 0 Å². The molecule has 3 rings (SSSR count). The lowest BCUT2D eigenvalue weighted by molar-refractivity contribution is 0.140. The third-order valence-corrected chi connectivity index (χ3v) is 5.22. The van der Waals surface area contributed by atoms with Crippen LogP contribution in [0.3, 0.4) is 0 Å². The van der Waals surface area contributed by atoms with Crippen molar-refractivity contribution in [3.8, 4) is 17.2 Å². The van der Waals surface area contributed by atoms with Crippen LogP contribution in [0.1, 0.15) is 36.5 Å². The fourth-order valence-electron chi connectivity index (χ4n) is 3.44. The van der Waals surface area contributed by atoms with E-state index in [1.807, 2.05) is 18.2 Å². The van der Waals surface area contributed by atoms with Gasteiger partial charge in [-0.3, -0.25) is 4.99 Å². The average molecular weight is 569 g/mol. The van der Waals surface area contributed by atoms with Crippen LogP contribution in [0.15, 0.2) is 41.4 Å². The Morgan fingerprint density at radius 1 is 1.09 bits per heavy atom. The van der Waals surface area contributed by atoms with E-state index in [2.05, 4.69) is 47.7 Å². The molecule has 0 aliphatic carbocycles. The standard InChI is InChI=1S/C25H35N3O4.HI/c1-5-11-31-22-9-7-19(14-24(22)29-4)15-27-25(26-3)28-16-20-8-6-18(2)13-23(20)32-21-10-12-30-17-21;/h6-9,13-14,21H,5,10-12,15-17H2,1-4H3,(H2,26,27,28);1H. The first-order valence-electron chi connectivity index (χ1n) is 11.2. The minimum absolute atomic E-state index is 0. The molecular weight excluding hydrogens is 533 g/mol. The molecule has 0 saturated carbocycles. The Kier molecular flexibility index (Phi) is 11.6. The largest absolute Gasteiger partial charge is 0.493 e. The van der Waals surface area contributed by atoms with Crippen LogP contribution in [0, 0.1) is 6.92 Å². The highest BCUT2D eigenvalue weighted by Crippen LogP contribution is 2.28. The molecule has 0 aromatic heterocycles. The van der Waals surface area contributed by atoms with Gasteiger partial charge in [-0.25, -0.2) is 0 Å². The predicted molar refractivity (Wildman–Crippen MR) is 142 cm³/mol. The lowest BCUT2D eigenvalue weighted by Crippen LogP contribution is -2.36. The topological polar surface area (TPSA) is 73.3 Å². The third kappa shape index (κ3) is 8.26. The number of guanidine groups is 1. The summed E-state index contributed by atoms with van der Waals surface area (Å²) in [5, 5.41) is 6.74. The van der Waals surface area contributed by atoms with E-state index in [4.69, 9.17) is 18.9 Å². The first-order valence-corrected chi connectivity index (χ1v) is 11.2. The van der Waals surface area contributed by atoms with Crippen LogP contribution in [0.5, 0.6) is 17.2 Å². The van der Waals surface area contributed by atoms with Crippen molar-refractivity contribution in [3.05, 3.63) is 53.1 Å². The van der Waals surface area contributed by atoms with Crippen molar-refractivity contribution in [1.82, 2.24) is 10.6 Å². The number of halogens is 1. The molecule has 0 spiro atoms. The molecule has 0 radical (unpaired) electrons. The number of aryl methyl sites for hydroxylation is 1. The molecule has 1 atom stereocenters. The Labute approximate surface area is 214 Å². The van der Waals surface area contributed by atoms with Crippen LogP contribution in [0.25, 0.3) is 0 Å². The van der Waals surface area contributed by atoms with Gasteiger partial charge in [-0.2, -0.15) is 0 Å². The number of nitrogens with zero attached hydrogens (tertiary/aromatic N) is 1. The maximum absolute atomic E-state index is 6.20. The zero-order valence-electron chi connectivity index (χ0n) is 20.0. The van der Waals surface area contributed by atoms with Crippen LogP contribution < -0.4 is 24.8 Å². The molecule has 2 aromatic carbocycles. The Hall–Kier alpha value is -2.20. The van der Waals surface area contributed by atoms with Gasteiger partial charge in [0.05, 0.1) is 26.9 Å². The first-order chi connectivity index (χ1) is 15.6. The average Bonchev–Trinajstić information content (AvgIpc) is 3.32. The van der Waals surface area contributed by atoms with Crippen LogP contribution in [-0.4, -0.2) is 46.0 Å². The minimum atomic E-state index is 0. The number of aliphatic imine (C=N–C) groups is 1. The molecule has 182 valence electrons. The summed E-state index contributed by atoms with van der Waals surface area (Å²) in [5.74, 6) is 3.11.